The Balaban J connectivity index is 1.48. The fourth-order valence-corrected chi connectivity index (χ4v) is 5.78. The summed E-state index contributed by atoms with van der Waals surface area (Å²) in [5.41, 5.74) is 2.12. The van der Waals surface area contributed by atoms with Gasteiger partial charge in [0, 0.05) is 23.4 Å². The van der Waals surface area contributed by atoms with Crippen molar-refractivity contribution in [3.63, 3.8) is 0 Å². The summed E-state index contributed by atoms with van der Waals surface area (Å²) in [6, 6.07) is 5.48. The Morgan fingerprint density at radius 1 is 1.14 bits per heavy atom. The average molecular weight is 416 g/mol. The zero-order valence-electron chi connectivity index (χ0n) is 16.9. The first kappa shape index (κ1) is 19.7. The van der Waals surface area contributed by atoms with Crippen molar-refractivity contribution in [1.29, 1.82) is 0 Å². The van der Waals surface area contributed by atoms with E-state index in [0.29, 0.717) is 6.04 Å². The van der Waals surface area contributed by atoms with E-state index in [2.05, 4.69) is 46.0 Å². The highest BCUT2D eigenvalue weighted by Gasteiger charge is 2.25. The van der Waals surface area contributed by atoms with Crippen LogP contribution in [0.15, 0.2) is 17.5 Å². The van der Waals surface area contributed by atoms with Crippen molar-refractivity contribution in [2.75, 3.05) is 18.4 Å². The molecular weight excluding hydrogens is 386 g/mol. The first-order chi connectivity index (χ1) is 13.7. The lowest BCUT2D eigenvalue weighted by atomic mass is 9.90. The van der Waals surface area contributed by atoms with Crippen molar-refractivity contribution in [2.45, 2.75) is 65.0 Å². The normalized spacial score (nSPS) is 20.1. The molecule has 1 aliphatic rings. The van der Waals surface area contributed by atoms with Gasteiger partial charge in [-0.1, -0.05) is 13.8 Å². The van der Waals surface area contributed by atoms with Crippen molar-refractivity contribution in [2.24, 2.45) is 0 Å². The number of fused-ring (bicyclic) bond motifs is 1. The molecule has 0 aromatic carbocycles. The van der Waals surface area contributed by atoms with Gasteiger partial charge in [0.15, 0.2) is 0 Å². The van der Waals surface area contributed by atoms with Crippen LogP contribution in [-0.4, -0.2) is 44.4 Å². The summed E-state index contributed by atoms with van der Waals surface area (Å²) >= 11 is 3.28. The van der Waals surface area contributed by atoms with Crippen LogP contribution in [0.25, 0.3) is 10.2 Å². The smallest absolute Gasteiger partial charge is 0.148 e. The summed E-state index contributed by atoms with van der Waals surface area (Å²) in [6.07, 6.45) is 5.71. The van der Waals surface area contributed by atoms with Gasteiger partial charge < -0.3 is 10.2 Å². The van der Waals surface area contributed by atoms with Crippen LogP contribution in [0.1, 0.15) is 55.9 Å². The molecule has 0 spiro atoms. The van der Waals surface area contributed by atoms with Crippen molar-refractivity contribution in [1.82, 2.24) is 19.2 Å². The molecule has 0 saturated heterocycles. The van der Waals surface area contributed by atoms with Gasteiger partial charge in [0.25, 0.3) is 0 Å². The Bertz CT molecular complexity index is 907. The number of nitrogens with zero attached hydrogens (tertiary/aromatic N) is 4. The fraction of sp³-hybridized carbons (Fsp3) is 0.571. The third-order valence-corrected chi connectivity index (χ3v) is 7.51. The number of thiophene rings is 1. The summed E-state index contributed by atoms with van der Waals surface area (Å²) in [5, 5.41) is 5.88. The molecule has 150 valence electrons. The minimum absolute atomic E-state index is 0.505. The number of rotatable bonds is 7. The highest BCUT2D eigenvalue weighted by atomic mass is 32.1. The van der Waals surface area contributed by atoms with Crippen LogP contribution in [0.5, 0.6) is 0 Å². The molecule has 0 bridgehead atoms. The number of hydrogen-bond donors (Lipinski definition) is 1. The van der Waals surface area contributed by atoms with E-state index in [9.17, 15) is 0 Å². The van der Waals surface area contributed by atoms with Crippen LogP contribution < -0.4 is 5.32 Å². The van der Waals surface area contributed by atoms with E-state index in [1.165, 1.54) is 35.3 Å². The minimum Gasteiger partial charge on any atom is -0.366 e. The highest BCUT2D eigenvalue weighted by Crippen LogP contribution is 2.31. The zero-order valence-corrected chi connectivity index (χ0v) is 18.6. The SMILES string of the molecule is CCN(CC)C1CCC(Nc2nc(Cc3cc(C)ns3)nc3ccsc23)CC1. The molecule has 0 radical (unpaired) electrons. The zero-order chi connectivity index (χ0) is 19.5. The van der Waals surface area contributed by atoms with E-state index in [1.807, 2.05) is 6.92 Å². The average Bonchev–Trinajstić information content (AvgIpc) is 3.33. The van der Waals surface area contributed by atoms with E-state index in [1.54, 1.807) is 22.9 Å². The first-order valence-corrected chi connectivity index (χ1v) is 12.0. The lowest BCUT2D eigenvalue weighted by Gasteiger charge is -2.36. The maximum absolute atomic E-state index is 4.91. The predicted molar refractivity (Wildman–Crippen MR) is 120 cm³/mol. The molecule has 5 nitrogen and oxygen atoms in total. The molecule has 1 fully saturated rings. The quantitative estimate of drug-likeness (QED) is 0.581. The van der Waals surface area contributed by atoms with E-state index < -0.39 is 0 Å². The van der Waals surface area contributed by atoms with Crippen LogP contribution in [-0.2, 0) is 6.42 Å². The molecule has 3 aromatic rings. The molecule has 28 heavy (non-hydrogen) atoms. The summed E-state index contributed by atoms with van der Waals surface area (Å²) in [7, 11) is 0. The summed E-state index contributed by atoms with van der Waals surface area (Å²) in [5.74, 6) is 1.90. The topological polar surface area (TPSA) is 53.9 Å². The number of nitrogens with one attached hydrogen (secondary N) is 1. The monoisotopic (exact) mass is 415 g/mol. The molecule has 1 saturated carbocycles. The number of hydrogen-bond acceptors (Lipinski definition) is 7. The standard InChI is InChI=1S/C21H29N5S2/c1-4-26(5-2)16-8-6-15(7-9-16)22-21-20-18(10-11-27-20)23-19(24-21)13-17-12-14(3)25-28-17/h10-12,15-16H,4-9,13H2,1-3H3,(H,22,23,24). The van der Waals surface area contributed by atoms with Crippen LogP contribution in [0.2, 0.25) is 0 Å². The van der Waals surface area contributed by atoms with Gasteiger partial charge in [0.1, 0.15) is 11.6 Å². The third-order valence-electron chi connectivity index (χ3n) is 5.73. The molecule has 1 N–H and O–H groups in total. The Morgan fingerprint density at radius 2 is 1.93 bits per heavy atom. The van der Waals surface area contributed by atoms with Crippen LogP contribution in [0.3, 0.4) is 0 Å². The van der Waals surface area contributed by atoms with E-state index >= 15 is 0 Å². The number of aryl methyl sites for hydroxylation is 1. The van der Waals surface area contributed by atoms with E-state index in [-0.39, 0.29) is 0 Å². The van der Waals surface area contributed by atoms with Gasteiger partial charge in [0.2, 0.25) is 0 Å². The van der Waals surface area contributed by atoms with Crippen LogP contribution in [0.4, 0.5) is 5.82 Å². The maximum atomic E-state index is 4.91. The molecule has 3 heterocycles. The molecule has 0 atom stereocenters. The van der Waals surface area contributed by atoms with Crippen LogP contribution in [0, 0.1) is 6.92 Å². The van der Waals surface area contributed by atoms with Crippen molar-refractivity contribution in [3.05, 3.63) is 33.9 Å². The maximum Gasteiger partial charge on any atom is 0.148 e. The molecular formula is C21H29N5S2. The van der Waals surface area contributed by atoms with Crippen molar-refractivity contribution >= 4 is 38.9 Å². The van der Waals surface area contributed by atoms with Gasteiger partial charge in [-0.15, -0.1) is 11.3 Å². The van der Waals surface area contributed by atoms with Gasteiger partial charge in [-0.3, -0.25) is 0 Å². The second-order valence-corrected chi connectivity index (χ2v) is 9.41. The lowest BCUT2D eigenvalue weighted by molar-refractivity contribution is 0.167. The molecule has 3 aromatic heterocycles. The molecule has 0 unspecified atom stereocenters. The second-order valence-electron chi connectivity index (χ2n) is 7.61. The van der Waals surface area contributed by atoms with E-state index in [0.717, 1.165) is 48.4 Å². The van der Waals surface area contributed by atoms with Crippen molar-refractivity contribution in [3.8, 4) is 0 Å². The molecule has 0 amide bonds. The highest BCUT2D eigenvalue weighted by molar-refractivity contribution is 7.17. The Kier molecular flexibility index (Phi) is 6.23. The number of aromatic nitrogens is 3. The predicted octanol–water partition coefficient (Wildman–Crippen LogP) is 5.11. The first-order valence-electron chi connectivity index (χ1n) is 10.3. The summed E-state index contributed by atoms with van der Waals surface area (Å²) in [6.45, 7) is 8.88. The molecule has 4 rings (SSSR count). The van der Waals surface area contributed by atoms with Crippen molar-refractivity contribution < 1.29 is 0 Å². The summed E-state index contributed by atoms with van der Waals surface area (Å²) < 4.78 is 5.56. The van der Waals surface area contributed by atoms with Gasteiger partial charge >= 0.3 is 0 Å². The van der Waals surface area contributed by atoms with Gasteiger partial charge in [-0.25, -0.2) is 9.97 Å². The molecule has 7 heteroatoms. The van der Waals surface area contributed by atoms with E-state index in [4.69, 9.17) is 9.97 Å². The summed E-state index contributed by atoms with van der Waals surface area (Å²) in [4.78, 5) is 13.5. The van der Waals surface area contributed by atoms with Crippen LogP contribution >= 0.6 is 22.9 Å². The minimum atomic E-state index is 0.505. The Morgan fingerprint density at radius 3 is 2.61 bits per heavy atom. The lowest BCUT2D eigenvalue weighted by Crippen LogP contribution is -2.40. The molecule has 0 aliphatic heterocycles. The van der Waals surface area contributed by atoms with Gasteiger partial charge in [-0.05, 0) is 74.7 Å². The Hall–Kier alpha value is -1.57. The second kappa shape index (κ2) is 8.84. The van der Waals surface area contributed by atoms with Gasteiger partial charge in [0.05, 0.1) is 15.9 Å². The van der Waals surface area contributed by atoms with Gasteiger partial charge in [-0.2, -0.15) is 4.37 Å². The number of anilines is 1. The third kappa shape index (κ3) is 4.36. The largest absolute Gasteiger partial charge is 0.366 e. The molecule has 1 aliphatic carbocycles. The fourth-order valence-electron chi connectivity index (χ4n) is 4.26. The Labute approximate surface area is 175 Å².